The number of alkyl halides is 1. The minimum atomic E-state index is -3.12. The second kappa shape index (κ2) is 8.32. The molecule has 0 spiro atoms. The smallest absolute Gasteiger partial charge is 0.214 e. The van der Waals surface area contributed by atoms with Crippen molar-refractivity contribution in [2.45, 2.75) is 12.8 Å². The van der Waals surface area contributed by atoms with E-state index in [9.17, 15) is 8.42 Å². The number of hydrogen-bond acceptors (Lipinski definition) is 4. The maximum absolute atomic E-state index is 12.0. The van der Waals surface area contributed by atoms with Crippen molar-refractivity contribution >= 4 is 21.6 Å². The molecule has 0 aliphatic carbocycles. The van der Waals surface area contributed by atoms with Gasteiger partial charge in [-0.15, -0.1) is 11.6 Å². The van der Waals surface area contributed by atoms with Crippen molar-refractivity contribution in [1.82, 2.24) is 9.21 Å². The molecule has 0 amide bonds. The zero-order chi connectivity index (χ0) is 13.4. The Balaban J connectivity index is 2.45. The molecule has 7 heteroatoms. The van der Waals surface area contributed by atoms with Gasteiger partial charge in [0.1, 0.15) is 0 Å². The monoisotopic (exact) mass is 298 g/mol. The Hall–Kier alpha value is 0.120. The van der Waals surface area contributed by atoms with E-state index in [-0.39, 0.29) is 5.75 Å². The Morgan fingerprint density at radius 2 is 2.00 bits per heavy atom. The number of ether oxygens (including phenoxy) is 1. The molecule has 18 heavy (non-hydrogen) atoms. The Labute approximate surface area is 115 Å². The van der Waals surface area contributed by atoms with Crippen LogP contribution in [-0.4, -0.2) is 75.7 Å². The second-order valence-corrected chi connectivity index (χ2v) is 6.91. The fraction of sp³-hybridized carbons (Fsp3) is 1.00. The molecule has 0 radical (unpaired) electrons. The highest BCUT2D eigenvalue weighted by Crippen LogP contribution is 2.10. The maximum Gasteiger partial charge on any atom is 0.214 e. The summed E-state index contributed by atoms with van der Waals surface area (Å²) in [5.74, 6) is 0.557. The summed E-state index contributed by atoms with van der Waals surface area (Å²) < 4.78 is 30.7. The van der Waals surface area contributed by atoms with Crippen LogP contribution in [0.25, 0.3) is 0 Å². The van der Waals surface area contributed by atoms with Gasteiger partial charge in [0, 0.05) is 39.2 Å². The third-order valence-electron chi connectivity index (χ3n) is 3.09. The summed E-state index contributed by atoms with van der Waals surface area (Å²) in [4.78, 5) is 2.25. The van der Waals surface area contributed by atoms with Crippen LogP contribution in [0.5, 0.6) is 0 Å². The number of rotatable bonds is 7. The zero-order valence-corrected chi connectivity index (χ0v) is 12.5. The average molecular weight is 299 g/mol. The molecule has 0 unspecified atom stereocenters. The van der Waals surface area contributed by atoms with Crippen molar-refractivity contribution in [3.05, 3.63) is 0 Å². The predicted molar refractivity (Wildman–Crippen MR) is 73.6 cm³/mol. The molecule has 0 saturated carbocycles. The molecule has 1 saturated heterocycles. The molecule has 0 aromatic heterocycles. The van der Waals surface area contributed by atoms with Gasteiger partial charge in [-0.2, -0.15) is 0 Å². The highest BCUT2D eigenvalue weighted by molar-refractivity contribution is 7.89. The molecule has 1 rings (SSSR count). The Morgan fingerprint density at radius 3 is 2.67 bits per heavy atom. The molecule has 1 aliphatic rings. The molecular formula is C11H23ClN2O3S. The van der Waals surface area contributed by atoms with Crippen LogP contribution in [0, 0.1) is 0 Å². The van der Waals surface area contributed by atoms with Gasteiger partial charge in [0.25, 0.3) is 0 Å². The summed E-state index contributed by atoms with van der Waals surface area (Å²) in [7, 11) is -1.44. The first-order chi connectivity index (χ1) is 8.60. The van der Waals surface area contributed by atoms with E-state index in [4.69, 9.17) is 16.3 Å². The lowest BCUT2D eigenvalue weighted by Gasteiger charge is -2.21. The number of hydrogen-bond donors (Lipinski definition) is 0. The highest BCUT2D eigenvalue weighted by Gasteiger charge is 2.24. The van der Waals surface area contributed by atoms with Gasteiger partial charge >= 0.3 is 0 Å². The third-order valence-corrected chi connectivity index (χ3v) is 5.31. The molecular weight excluding hydrogens is 276 g/mol. The SMILES string of the molecule is COCCN1CCCN(S(=O)(=O)CCCCl)CC1. The lowest BCUT2D eigenvalue weighted by Crippen LogP contribution is -2.37. The van der Waals surface area contributed by atoms with Crippen LogP contribution in [0.2, 0.25) is 0 Å². The van der Waals surface area contributed by atoms with Crippen LogP contribution < -0.4 is 0 Å². The quantitative estimate of drug-likeness (QED) is 0.646. The number of methoxy groups -OCH3 is 1. The van der Waals surface area contributed by atoms with E-state index in [2.05, 4.69) is 4.90 Å². The van der Waals surface area contributed by atoms with Gasteiger partial charge in [0.15, 0.2) is 0 Å². The van der Waals surface area contributed by atoms with Gasteiger partial charge in [-0.25, -0.2) is 12.7 Å². The molecule has 0 N–H and O–H groups in total. The minimum Gasteiger partial charge on any atom is -0.383 e. The molecule has 108 valence electrons. The average Bonchev–Trinajstić information content (AvgIpc) is 2.60. The van der Waals surface area contributed by atoms with Gasteiger partial charge in [0.05, 0.1) is 12.4 Å². The van der Waals surface area contributed by atoms with Gasteiger partial charge in [0.2, 0.25) is 10.0 Å². The van der Waals surface area contributed by atoms with Crippen molar-refractivity contribution in [2.24, 2.45) is 0 Å². The summed E-state index contributed by atoms with van der Waals surface area (Å²) in [6, 6.07) is 0. The van der Waals surface area contributed by atoms with Crippen LogP contribution in [-0.2, 0) is 14.8 Å². The third kappa shape index (κ3) is 5.40. The maximum atomic E-state index is 12.0. The zero-order valence-electron chi connectivity index (χ0n) is 11.0. The standard InChI is InChI=1S/C11H23ClN2O3S/c1-17-10-9-13-5-3-6-14(8-7-13)18(15,16)11-2-4-12/h2-11H2,1H3. The van der Waals surface area contributed by atoms with Crippen molar-refractivity contribution in [3.8, 4) is 0 Å². The van der Waals surface area contributed by atoms with E-state index in [1.54, 1.807) is 11.4 Å². The first-order valence-electron chi connectivity index (χ1n) is 6.35. The Kier molecular flexibility index (Phi) is 7.48. The van der Waals surface area contributed by atoms with Crippen molar-refractivity contribution in [3.63, 3.8) is 0 Å². The van der Waals surface area contributed by atoms with E-state index in [1.165, 1.54) is 0 Å². The number of halogens is 1. The molecule has 0 atom stereocenters. The van der Waals surface area contributed by atoms with Crippen LogP contribution >= 0.6 is 11.6 Å². The first kappa shape index (κ1) is 16.2. The molecule has 0 bridgehead atoms. The summed E-state index contributed by atoms with van der Waals surface area (Å²) >= 11 is 5.55. The molecule has 0 aromatic carbocycles. The summed E-state index contributed by atoms with van der Waals surface area (Å²) in [6.07, 6.45) is 1.40. The van der Waals surface area contributed by atoms with Gasteiger partial charge in [-0.05, 0) is 19.4 Å². The topological polar surface area (TPSA) is 49.9 Å². The van der Waals surface area contributed by atoms with Crippen molar-refractivity contribution in [2.75, 3.05) is 58.1 Å². The largest absolute Gasteiger partial charge is 0.383 e. The minimum absolute atomic E-state index is 0.161. The lowest BCUT2D eigenvalue weighted by molar-refractivity contribution is 0.151. The molecule has 1 aliphatic heterocycles. The van der Waals surface area contributed by atoms with E-state index < -0.39 is 10.0 Å². The fourth-order valence-electron chi connectivity index (χ4n) is 2.04. The summed E-state index contributed by atoms with van der Waals surface area (Å²) in [5, 5.41) is 0. The van der Waals surface area contributed by atoms with Crippen molar-refractivity contribution in [1.29, 1.82) is 0 Å². The molecule has 1 heterocycles. The molecule has 5 nitrogen and oxygen atoms in total. The van der Waals surface area contributed by atoms with Crippen LogP contribution in [0.4, 0.5) is 0 Å². The Bertz CT molecular complexity index is 324. The van der Waals surface area contributed by atoms with E-state index in [0.29, 0.717) is 32.0 Å². The lowest BCUT2D eigenvalue weighted by atomic mass is 10.4. The molecule has 0 aromatic rings. The van der Waals surface area contributed by atoms with Crippen LogP contribution in [0.15, 0.2) is 0 Å². The summed E-state index contributed by atoms with van der Waals surface area (Å²) in [6.45, 7) is 4.47. The van der Waals surface area contributed by atoms with E-state index in [1.807, 2.05) is 0 Å². The Morgan fingerprint density at radius 1 is 1.22 bits per heavy atom. The second-order valence-electron chi connectivity index (χ2n) is 4.45. The van der Waals surface area contributed by atoms with Gasteiger partial charge < -0.3 is 4.74 Å². The van der Waals surface area contributed by atoms with Crippen LogP contribution in [0.1, 0.15) is 12.8 Å². The number of sulfonamides is 1. The number of nitrogens with zero attached hydrogens (tertiary/aromatic N) is 2. The first-order valence-corrected chi connectivity index (χ1v) is 8.49. The van der Waals surface area contributed by atoms with Crippen LogP contribution in [0.3, 0.4) is 0 Å². The summed E-state index contributed by atoms with van der Waals surface area (Å²) in [5.41, 5.74) is 0. The van der Waals surface area contributed by atoms with Gasteiger partial charge in [-0.1, -0.05) is 0 Å². The van der Waals surface area contributed by atoms with Gasteiger partial charge in [-0.3, -0.25) is 4.90 Å². The highest BCUT2D eigenvalue weighted by atomic mass is 35.5. The van der Waals surface area contributed by atoms with E-state index in [0.717, 1.165) is 26.1 Å². The normalized spacial score (nSPS) is 19.9. The fourth-order valence-corrected chi connectivity index (χ4v) is 3.86. The predicted octanol–water partition coefficient (Wildman–Crippen LogP) is 0.599. The molecule has 1 fully saturated rings. The van der Waals surface area contributed by atoms with Crippen molar-refractivity contribution < 1.29 is 13.2 Å². The van der Waals surface area contributed by atoms with E-state index >= 15 is 0 Å².